The van der Waals surface area contributed by atoms with Gasteiger partial charge in [0.15, 0.2) is 0 Å². The first kappa shape index (κ1) is 14.1. The van der Waals surface area contributed by atoms with Crippen molar-refractivity contribution in [2.45, 2.75) is 32.8 Å². The molecule has 1 unspecified atom stereocenters. The van der Waals surface area contributed by atoms with Crippen molar-refractivity contribution in [1.82, 2.24) is 0 Å². The average Bonchev–Trinajstić information content (AvgIpc) is 2.46. The molecule has 1 atom stereocenters. The topological polar surface area (TPSA) is 9.23 Å². The van der Waals surface area contributed by atoms with Gasteiger partial charge in [-0.25, -0.2) is 0 Å². The molecule has 2 heteroatoms. The molecule has 0 fully saturated rings. The minimum absolute atomic E-state index is 0.583. The lowest BCUT2D eigenvalue weighted by Crippen LogP contribution is -1.97. The minimum atomic E-state index is 0.583. The van der Waals surface area contributed by atoms with Crippen molar-refractivity contribution in [3.05, 3.63) is 64.1 Å². The van der Waals surface area contributed by atoms with Crippen LogP contribution in [0.5, 0.6) is 5.75 Å². The molecule has 0 amide bonds. The molecule has 0 aliphatic carbocycles. The van der Waals surface area contributed by atoms with E-state index in [1.165, 1.54) is 11.1 Å². The fourth-order valence-corrected chi connectivity index (χ4v) is 2.42. The fourth-order valence-electron chi connectivity index (χ4n) is 1.91. The summed E-state index contributed by atoms with van der Waals surface area (Å²) < 4.78 is 6.87. The summed E-state index contributed by atoms with van der Waals surface area (Å²) in [6.45, 7) is 5.05. The zero-order chi connectivity index (χ0) is 13.7. The lowest BCUT2D eigenvalue weighted by Gasteiger charge is -2.13. The van der Waals surface area contributed by atoms with E-state index in [4.69, 9.17) is 4.74 Å². The Labute approximate surface area is 123 Å². The van der Waals surface area contributed by atoms with Crippen LogP contribution in [0.25, 0.3) is 0 Å². The summed E-state index contributed by atoms with van der Waals surface area (Å²) in [5.41, 5.74) is 2.53. The molecule has 2 aromatic carbocycles. The Bertz CT molecular complexity index is 522. The average molecular weight is 319 g/mol. The molecule has 0 saturated carbocycles. The highest BCUT2D eigenvalue weighted by Crippen LogP contribution is 2.30. The molecule has 0 bridgehead atoms. The maximum absolute atomic E-state index is 5.84. The van der Waals surface area contributed by atoms with E-state index in [2.05, 4.69) is 60.1 Å². The minimum Gasteiger partial charge on any atom is -0.488 e. The Balaban J connectivity index is 2.05. The van der Waals surface area contributed by atoms with Gasteiger partial charge in [-0.1, -0.05) is 50.2 Å². The predicted molar refractivity (Wildman–Crippen MR) is 83.6 cm³/mol. The first-order valence-corrected chi connectivity index (χ1v) is 7.46. The highest BCUT2D eigenvalue weighted by molar-refractivity contribution is 9.10. The third-order valence-corrected chi connectivity index (χ3v) is 3.99. The molecular formula is C17H19BrO. The molecule has 100 valence electrons. The zero-order valence-electron chi connectivity index (χ0n) is 11.4. The zero-order valence-corrected chi connectivity index (χ0v) is 13.0. The first-order valence-electron chi connectivity index (χ1n) is 6.67. The maximum Gasteiger partial charge on any atom is 0.134 e. The summed E-state index contributed by atoms with van der Waals surface area (Å²) in [7, 11) is 0. The van der Waals surface area contributed by atoms with Crippen molar-refractivity contribution < 1.29 is 4.74 Å². The van der Waals surface area contributed by atoms with Gasteiger partial charge in [-0.05, 0) is 51.5 Å². The molecule has 0 heterocycles. The van der Waals surface area contributed by atoms with Crippen LogP contribution in [0.1, 0.15) is 37.3 Å². The van der Waals surface area contributed by atoms with Crippen LogP contribution in [0, 0.1) is 0 Å². The van der Waals surface area contributed by atoms with E-state index >= 15 is 0 Å². The second-order valence-electron chi connectivity index (χ2n) is 4.77. The summed E-state index contributed by atoms with van der Waals surface area (Å²) in [5.74, 6) is 1.48. The van der Waals surface area contributed by atoms with Crippen LogP contribution >= 0.6 is 15.9 Å². The van der Waals surface area contributed by atoms with Crippen LogP contribution < -0.4 is 4.74 Å². The maximum atomic E-state index is 5.84. The SMILES string of the molecule is CCC(C)c1ccc(OCc2ccccc2)c(Br)c1. The third-order valence-electron chi connectivity index (χ3n) is 3.37. The number of ether oxygens (including phenoxy) is 1. The van der Waals surface area contributed by atoms with Crippen molar-refractivity contribution >= 4 is 15.9 Å². The smallest absolute Gasteiger partial charge is 0.134 e. The fraction of sp³-hybridized carbons (Fsp3) is 0.294. The second kappa shape index (κ2) is 6.76. The largest absolute Gasteiger partial charge is 0.488 e. The second-order valence-corrected chi connectivity index (χ2v) is 5.63. The van der Waals surface area contributed by atoms with Gasteiger partial charge >= 0.3 is 0 Å². The highest BCUT2D eigenvalue weighted by Gasteiger charge is 2.07. The molecule has 0 N–H and O–H groups in total. The van der Waals surface area contributed by atoms with Gasteiger partial charge in [0.05, 0.1) is 4.47 Å². The highest BCUT2D eigenvalue weighted by atomic mass is 79.9. The van der Waals surface area contributed by atoms with Gasteiger partial charge in [0, 0.05) is 0 Å². The first-order chi connectivity index (χ1) is 9.20. The van der Waals surface area contributed by atoms with Gasteiger partial charge in [0.25, 0.3) is 0 Å². The molecule has 0 aliphatic rings. The summed E-state index contributed by atoms with van der Waals surface area (Å²) in [5, 5.41) is 0. The third kappa shape index (κ3) is 3.84. The molecule has 0 saturated heterocycles. The van der Waals surface area contributed by atoms with Crippen LogP contribution in [0.2, 0.25) is 0 Å². The number of hydrogen-bond acceptors (Lipinski definition) is 1. The van der Waals surface area contributed by atoms with Gasteiger partial charge < -0.3 is 4.74 Å². The molecule has 19 heavy (non-hydrogen) atoms. The van der Waals surface area contributed by atoms with Crippen molar-refractivity contribution in [2.75, 3.05) is 0 Å². The monoisotopic (exact) mass is 318 g/mol. The number of hydrogen-bond donors (Lipinski definition) is 0. The molecule has 0 aliphatic heterocycles. The summed E-state index contributed by atoms with van der Waals surface area (Å²) in [4.78, 5) is 0. The Kier molecular flexibility index (Phi) is 5.03. The van der Waals surface area contributed by atoms with Crippen molar-refractivity contribution in [3.8, 4) is 5.75 Å². The van der Waals surface area contributed by atoms with Crippen molar-refractivity contribution in [1.29, 1.82) is 0 Å². The number of benzene rings is 2. The Hall–Kier alpha value is -1.28. The number of halogens is 1. The van der Waals surface area contributed by atoms with Crippen LogP contribution in [0.3, 0.4) is 0 Å². The van der Waals surface area contributed by atoms with Crippen LogP contribution in [0.4, 0.5) is 0 Å². The summed E-state index contributed by atoms with van der Waals surface area (Å²) >= 11 is 3.59. The molecule has 2 rings (SSSR count). The summed E-state index contributed by atoms with van der Waals surface area (Å²) in [6.07, 6.45) is 1.15. The van der Waals surface area contributed by atoms with Crippen LogP contribution in [0.15, 0.2) is 53.0 Å². The molecule has 2 aromatic rings. The van der Waals surface area contributed by atoms with E-state index in [-0.39, 0.29) is 0 Å². The van der Waals surface area contributed by atoms with E-state index in [9.17, 15) is 0 Å². The lowest BCUT2D eigenvalue weighted by atomic mass is 9.99. The molecule has 0 aromatic heterocycles. The molecule has 0 spiro atoms. The van der Waals surface area contributed by atoms with Gasteiger partial charge in [-0.2, -0.15) is 0 Å². The van der Waals surface area contributed by atoms with Crippen LogP contribution in [-0.4, -0.2) is 0 Å². The van der Waals surface area contributed by atoms with E-state index in [1.807, 2.05) is 18.2 Å². The lowest BCUT2D eigenvalue weighted by molar-refractivity contribution is 0.304. The van der Waals surface area contributed by atoms with Crippen molar-refractivity contribution in [2.24, 2.45) is 0 Å². The molecular weight excluding hydrogens is 300 g/mol. The predicted octanol–water partition coefficient (Wildman–Crippen LogP) is 5.54. The van der Waals surface area contributed by atoms with Crippen LogP contribution in [-0.2, 0) is 6.61 Å². The van der Waals surface area contributed by atoms with Gasteiger partial charge in [-0.3, -0.25) is 0 Å². The Morgan fingerprint density at radius 3 is 2.47 bits per heavy atom. The quantitative estimate of drug-likeness (QED) is 0.703. The summed E-state index contributed by atoms with van der Waals surface area (Å²) in [6, 6.07) is 16.6. The van der Waals surface area contributed by atoms with E-state index in [0.717, 1.165) is 16.6 Å². The Morgan fingerprint density at radius 2 is 1.84 bits per heavy atom. The van der Waals surface area contributed by atoms with Gasteiger partial charge in [-0.15, -0.1) is 0 Å². The van der Waals surface area contributed by atoms with E-state index < -0.39 is 0 Å². The molecule has 0 radical (unpaired) electrons. The van der Waals surface area contributed by atoms with Gasteiger partial charge in [0.1, 0.15) is 12.4 Å². The van der Waals surface area contributed by atoms with Gasteiger partial charge in [0.2, 0.25) is 0 Å². The normalized spacial score (nSPS) is 12.2. The Morgan fingerprint density at radius 1 is 1.11 bits per heavy atom. The van der Waals surface area contributed by atoms with Crippen molar-refractivity contribution in [3.63, 3.8) is 0 Å². The molecule has 1 nitrogen and oxygen atoms in total. The van der Waals surface area contributed by atoms with E-state index in [1.54, 1.807) is 0 Å². The van der Waals surface area contributed by atoms with E-state index in [0.29, 0.717) is 12.5 Å². The standard InChI is InChI=1S/C17H19BrO/c1-3-13(2)15-9-10-17(16(18)11-15)19-12-14-7-5-4-6-8-14/h4-11,13H,3,12H2,1-2H3. The number of rotatable bonds is 5.